The van der Waals surface area contributed by atoms with Crippen LogP contribution in [0.1, 0.15) is 25.7 Å². The number of anilines is 1. The lowest BCUT2D eigenvalue weighted by atomic mass is 9.74. The number of aliphatic hydroxyl groups is 1. The molecule has 118 valence electrons. The zero-order chi connectivity index (χ0) is 15.3. The highest BCUT2D eigenvalue weighted by molar-refractivity contribution is 9.10. The van der Waals surface area contributed by atoms with Crippen molar-refractivity contribution < 1.29 is 5.11 Å². The Kier molecular flexibility index (Phi) is 3.39. The Morgan fingerprint density at radius 2 is 2.09 bits per heavy atom. The molecule has 1 saturated heterocycles. The number of fused-ring (bicyclic) bond motifs is 1. The highest BCUT2D eigenvalue weighted by atomic mass is 79.9. The van der Waals surface area contributed by atoms with Crippen molar-refractivity contribution >= 4 is 27.5 Å². The smallest absolute Gasteiger partial charge is 0.211 e. The molecule has 0 unspecified atom stereocenters. The van der Waals surface area contributed by atoms with E-state index in [2.05, 4.69) is 30.8 Å². The van der Waals surface area contributed by atoms with Gasteiger partial charge in [-0.1, -0.05) is 0 Å². The fourth-order valence-corrected chi connectivity index (χ4v) is 4.48. The second kappa shape index (κ2) is 5.18. The van der Waals surface area contributed by atoms with Gasteiger partial charge in [-0.05, 0) is 47.0 Å². The van der Waals surface area contributed by atoms with E-state index in [9.17, 15) is 5.11 Å². The second-order valence-electron chi connectivity index (χ2n) is 6.58. The zero-order valence-electron chi connectivity index (χ0n) is 12.3. The summed E-state index contributed by atoms with van der Waals surface area (Å²) in [6.07, 6.45) is 8.93. The molecule has 2 aromatic heterocycles. The standard InChI is InChI=1S/C15H20BrN5O/c16-11-9-19-14(21-6-3-18-13(11)21)20-4-1-15(2-5-20)8-10(22)7-12(15)17/h3,6,9-10,12,22H,1-2,4-5,7-8,17H2/t10-,12+/m0/s1. The van der Waals surface area contributed by atoms with Gasteiger partial charge >= 0.3 is 0 Å². The number of aliphatic hydroxyl groups excluding tert-OH is 1. The third-order valence-electron chi connectivity index (χ3n) is 5.36. The Morgan fingerprint density at radius 1 is 1.32 bits per heavy atom. The molecule has 7 heteroatoms. The Labute approximate surface area is 137 Å². The molecule has 2 fully saturated rings. The largest absolute Gasteiger partial charge is 0.393 e. The lowest BCUT2D eigenvalue weighted by Gasteiger charge is -2.42. The monoisotopic (exact) mass is 365 g/mol. The maximum Gasteiger partial charge on any atom is 0.211 e. The lowest BCUT2D eigenvalue weighted by Crippen LogP contribution is -2.47. The van der Waals surface area contributed by atoms with Crippen LogP contribution in [0.15, 0.2) is 23.1 Å². The summed E-state index contributed by atoms with van der Waals surface area (Å²) in [5.41, 5.74) is 7.30. The number of aromatic nitrogens is 3. The van der Waals surface area contributed by atoms with E-state index in [1.807, 2.05) is 16.8 Å². The number of rotatable bonds is 1. The van der Waals surface area contributed by atoms with Crippen LogP contribution < -0.4 is 10.6 Å². The van der Waals surface area contributed by atoms with Crippen LogP contribution in [0.5, 0.6) is 0 Å². The first kappa shape index (κ1) is 14.4. The number of hydrogen-bond acceptors (Lipinski definition) is 5. The van der Waals surface area contributed by atoms with Gasteiger partial charge in [-0.25, -0.2) is 9.97 Å². The number of hydrogen-bond donors (Lipinski definition) is 2. The van der Waals surface area contributed by atoms with Crippen molar-refractivity contribution in [3.8, 4) is 0 Å². The summed E-state index contributed by atoms with van der Waals surface area (Å²) in [7, 11) is 0. The zero-order valence-corrected chi connectivity index (χ0v) is 13.9. The Balaban J connectivity index is 1.59. The summed E-state index contributed by atoms with van der Waals surface area (Å²) in [5.74, 6) is 0.928. The molecular formula is C15H20BrN5O. The molecule has 1 aliphatic heterocycles. The molecule has 0 bridgehead atoms. The van der Waals surface area contributed by atoms with E-state index in [1.165, 1.54) is 0 Å². The van der Waals surface area contributed by atoms with Crippen LogP contribution in [0.2, 0.25) is 0 Å². The third kappa shape index (κ3) is 2.14. The van der Waals surface area contributed by atoms with Crippen LogP contribution in [0.25, 0.3) is 5.65 Å². The molecule has 3 heterocycles. The third-order valence-corrected chi connectivity index (χ3v) is 5.92. The van der Waals surface area contributed by atoms with Gasteiger partial charge in [-0.2, -0.15) is 0 Å². The van der Waals surface area contributed by atoms with E-state index in [0.29, 0.717) is 0 Å². The molecule has 2 aromatic rings. The number of nitrogens with two attached hydrogens (primary N) is 1. The molecule has 6 nitrogen and oxygen atoms in total. The maximum absolute atomic E-state index is 9.92. The normalized spacial score (nSPS) is 27.9. The molecule has 22 heavy (non-hydrogen) atoms. The molecule has 1 aliphatic carbocycles. The van der Waals surface area contributed by atoms with Gasteiger partial charge in [0.2, 0.25) is 5.95 Å². The molecule has 1 saturated carbocycles. The molecular weight excluding hydrogens is 346 g/mol. The molecule has 2 atom stereocenters. The summed E-state index contributed by atoms with van der Waals surface area (Å²) in [5, 5.41) is 9.92. The van der Waals surface area contributed by atoms with Gasteiger partial charge in [0.15, 0.2) is 5.65 Å². The van der Waals surface area contributed by atoms with Crippen molar-refractivity contribution in [3.05, 3.63) is 23.1 Å². The molecule has 2 aliphatic rings. The first-order chi connectivity index (χ1) is 10.6. The summed E-state index contributed by atoms with van der Waals surface area (Å²) in [6, 6.07) is 0.121. The highest BCUT2D eigenvalue weighted by Gasteiger charge is 2.46. The van der Waals surface area contributed by atoms with Crippen LogP contribution in [0, 0.1) is 5.41 Å². The summed E-state index contributed by atoms with van der Waals surface area (Å²) in [4.78, 5) is 11.2. The lowest BCUT2D eigenvalue weighted by molar-refractivity contribution is 0.141. The average molecular weight is 366 g/mol. The van der Waals surface area contributed by atoms with Gasteiger partial charge in [0.1, 0.15) is 0 Å². The minimum Gasteiger partial charge on any atom is -0.393 e. The molecule has 0 radical (unpaired) electrons. The van der Waals surface area contributed by atoms with Gasteiger partial charge in [0, 0.05) is 37.7 Å². The van der Waals surface area contributed by atoms with E-state index in [0.717, 1.165) is 54.8 Å². The van der Waals surface area contributed by atoms with Crippen LogP contribution in [0.3, 0.4) is 0 Å². The summed E-state index contributed by atoms with van der Waals surface area (Å²) >= 11 is 3.49. The topological polar surface area (TPSA) is 79.7 Å². The van der Waals surface area contributed by atoms with Crippen LogP contribution >= 0.6 is 15.9 Å². The predicted octanol–water partition coefficient (Wildman–Crippen LogP) is 1.56. The number of piperidine rings is 1. The second-order valence-corrected chi connectivity index (χ2v) is 7.43. The van der Waals surface area contributed by atoms with Crippen molar-refractivity contribution in [1.29, 1.82) is 0 Å². The van der Waals surface area contributed by atoms with E-state index in [4.69, 9.17) is 5.73 Å². The first-order valence-corrected chi connectivity index (χ1v) is 8.54. The summed E-state index contributed by atoms with van der Waals surface area (Å²) in [6.45, 7) is 1.84. The molecule has 0 amide bonds. The van der Waals surface area contributed by atoms with Gasteiger partial charge in [0.05, 0.1) is 10.6 Å². The molecule has 4 rings (SSSR count). The van der Waals surface area contributed by atoms with Crippen LogP contribution in [0.4, 0.5) is 5.95 Å². The molecule has 3 N–H and O–H groups in total. The minimum absolute atomic E-state index is 0.110. The van der Waals surface area contributed by atoms with Crippen molar-refractivity contribution in [2.45, 2.75) is 37.8 Å². The van der Waals surface area contributed by atoms with Crippen molar-refractivity contribution in [3.63, 3.8) is 0 Å². The van der Waals surface area contributed by atoms with Crippen LogP contribution in [-0.2, 0) is 0 Å². The van der Waals surface area contributed by atoms with Crippen molar-refractivity contribution in [1.82, 2.24) is 14.4 Å². The number of nitrogens with zero attached hydrogens (tertiary/aromatic N) is 4. The number of imidazole rings is 1. The van der Waals surface area contributed by atoms with Crippen LogP contribution in [-0.4, -0.2) is 44.7 Å². The first-order valence-electron chi connectivity index (χ1n) is 7.75. The van der Waals surface area contributed by atoms with Crippen molar-refractivity contribution in [2.24, 2.45) is 11.1 Å². The van der Waals surface area contributed by atoms with E-state index < -0.39 is 0 Å². The fourth-order valence-electron chi connectivity index (χ4n) is 4.08. The predicted molar refractivity (Wildman–Crippen MR) is 87.8 cm³/mol. The van der Waals surface area contributed by atoms with Gasteiger partial charge in [-0.15, -0.1) is 0 Å². The van der Waals surface area contributed by atoms with E-state index >= 15 is 0 Å². The van der Waals surface area contributed by atoms with Crippen molar-refractivity contribution in [2.75, 3.05) is 18.0 Å². The van der Waals surface area contributed by atoms with E-state index in [-0.39, 0.29) is 17.6 Å². The van der Waals surface area contributed by atoms with Gasteiger partial charge in [-0.3, -0.25) is 4.40 Å². The van der Waals surface area contributed by atoms with Gasteiger partial charge < -0.3 is 15.7 Å². The van der Waals surface area contributed by atoms with Gasteiger partial charge in [0.25, 0.3) is 0 Å². The molecule has 0 aromatic carbocycles. The quantitative estimate of drug-likeness (QED) is 0.801. The Hall–Kier alpha value is -1.18. The minimum atomic E-state index is -0.229. The fraction of sp³-hybridized carbons (Fsp3) is 0.600. The SMILES string of the molecule is N[C@@H]1C[C@H](O)CC12CCN(c1ncc(Br)c3nccn13)CC2. The highest BCUT2D eigenvalue weighted by Crippen LogP contribution is 2.46. The average Bonchev–Trinajstić information content (AvgIpc) is 3.08. The Bertz CT molecular complexity index is 694. The van der Waals surface area contributed by atoms with E-state index in [1.54, 1.807) is 6.20 Å². The number of halogens is 1. The molecule has 1 spiro atoms. The summed E-state index contributed by atoms with van der Waals surface area (Å²) < 4.78 is 2.92. The maximum atomic E-state index is 9.92. The Morgan fingerprint density at radius 3 is 2.77 bits per heavy atom.